The van der Waals surface area contributed by atoms with E-state index >= 15 is 0 Å². The molecule has 0 aliphatic heterocycles. The molecule has 0 radical (unpaired) electrons. The van der Waals surface area contributed by atoms with Gasteiger partial charge in [-0.05, 0) is 36.2 Å². The Morgan fingerprint density at radius 3 is 2.24 bits per heavy atom. The van der Waals surface area contributed by atoms with E-state index in [1.807, 2.05) is 24.3 Å². The number of nitrogens with one attached hydrogen (secondary N) is 1. The molecule has 21 heavy (non-hydrogen) atoms. The highest BCUT2D eigenvalue weighted by molar-refractivity contribution is 5.48. The second kappa shape index (κ2) is 6.74. The first-order valence-corrected chi connectivity index (χ1v) is 6.79. The minimum absolute atomic E-state index is 0.109. The van der Waals surface area contributed by atoms with Crippen molar-refractivity contribution in [2.45, 2.75) is 19.4 Å². The summed E-state index contributed by atoms with van der Waals surface area (Å²) in [5.74, 6) is 0.809. The number of ether oxygens (including phenoxy) is 1. The first kappa shape index (κ1) is 14.8. The molecule has 5 heteroatoms. The van der Waals surface area contributed by atoms with Gasteiger partial charge < -0.3 is 10.1 Å². The maximum absolute atomic E-state index is 10.7. The van der Waals surface area contributed by atoms with Gasteiger partial charge in [0.2, 0.25) is 0 Å². The third-order valence-electron chi connectivity index (χ3n) is 3.35. The van der Waals surface area contributed by atoms with Gasteiger partial charge in [-0.1, -0.05) is 19.1 Å². The van der Waals surface area contributed by atoms with Crippen LogP contribution in [0, 0.1) is 10.1 Å². The van der Waals surface area contributed by atoms with Crippen LogP contribution in [-0.4, -0.2) is 12.0 Å². The molecule has 0 amide bonds. The fourth-order valence-corrected chi connectivity index (χ4v) is 2.14. The highest BCUT2D eigenvalue weighted by Gasteiger charge is 2.11. The lowest BCUT2D eigenvalue weighted by Gasteiger charge is -2.19. The molecule has 0 saturated carbocycles. The molecule has 0 bridgehead atoms. The molecular formula is C16H18N2O3. The van der Waals surface area contributed by atoms with E-state index in [9.17, 15) is 10.1 Å². The summed E-state index contributed by atoms with van der Waals surface area (Å²) in [6, 6.07) is 14.5. The van der Waals surface area contributed by atoms with Crippen molar-refractivity contribution in [2.75, 3.05) is 12.4 Å². The molecule has 2 aromatic carbocycles. The summed E-state index contributed by atoms with van der Waals surface area (Å²) in [6.45, 7) is 2.07. The number of nitro groups is 1. The Morgan fingerprint density at radius 1 is 1.14 bits per heavy atom. The Balaban J connectivity index is 2.13. The van der Waals surface area contributed by atoms with Crippen molar-refractivity contribution in [1.82, 2.24) is 0 Å². The lowest BCUT2D eigenvalue weighted by atomic mass is 10.0. The first-order chi connectivity index (χ1) is 10.1. The van der Waals surface area contributed by atoms with Crippen LogP contribution in [0.1, 0.15) is 24.9 Å². The van der Waals surface area contributed by atoms with Crippen LogP contribution >= 0.6 is 0 Å². The van der Waals surface area contributed by atoms with E-state index in [-0.39, 0.29) is 16.7 Å². The van der Waals surface area contributed by atoms with Gasteiger partial charge in [0.25, 0.3) is 5.69 Å². The minimum Gasteiger partial charge on any atom is -0.497 e. The second-order valence-electron chi connectivity index (χ2n) is 4.68. The summed E-state index contributed by atoms with van der Waals surface area (Å²) < 4.78 is 5.13. The molecule has 2 aromatic rings. The van der Waals surface area contributed by atoms with Gasteiger partial charge in [0.05, 0.1) is 18.1 Å². The third-order valence-corrected chi connectivity index (χ3v) is 3.35. The molecular weight excluding hydrogens is 268 g/mol. The van der Waals surface area contributed by atoms with Crippen LogP contribution in [0.15, 0.2) is 48.5 Å². The van der Waals surface area contributed by atoms with Crippen LogP contribution in [0.2, 0.25) is 0 Å². The molecule has 0 aliphatic rings. The SMILES string of the molecule is CCC(Nc1ccc(OC)cc1)c1ccc([N+](=O)[O-])cc1. The molecule has 0 aromatic heterocycles. The van der Waals surface area contributed by atoms with Crippen molar-refractivity contribution in [3.8, 4) is 5.75 Å². The lowest BCUT2D eigenvalue weighted by Crippen LogP contribution is -2.09. The van der Waals surface area contributed by atoms with Crippen molar-refractivity contribution >= 4 is 11.4 Å². The van der Waals surface area contributed by atoms with Gasteiger partial charge in [-0.3, -0.25) is 10.1 Å². The highest BCUT2D eigenvalue weighted by atomic mass is 16.6. The molecule has 1 atom stereocenters. The van der Waals surface area contributed by atoms with Gasteiger partial charge in [-0.25, -0.2) is 0 Å². The van der Waals surface area contributed by atoms with Crippen LogP contribution < -0.4 is 10.1 Å². The summed E-state index contributed by atoms with van der Waals surface area (Å²) in [7, 11) is 1.63. The predicted octanol–water partition coefficient (Wildman–Crippen LogP) is 4.17. The monoisotopic (exact) mass is 286 g/mol. The number of anilines is 1. The van der Waals surface area contributed by atoms with Crippen molar-refractivity contribution < 1.29 is 9.66 Å². The molecule has 0 fully saturated rings. The minimum atomic E-state index is -0.387. The highest BCUT2D eigenvalue weighted by Crippen LogP contribution is 2.25. The summed E-state index contributed by atoms with van der Waals surface area (Å²) >= 11 is 0. The summed E-state index contributed by atoms with van der Waals surface area (Å²) in [5, 5.41) is 14.1. The topological polar surface area (TPSA) is 64.4 Å². The number of nitrogens with zero attached hydrogens (tertiary/aromatic N) is 1. The fourth-order valence-electron chi connectivity index (χ4n) is 2.14. The Bertz CT molecular complexity index is 594. The number of benzene rings is 2. The van der Waals surface area contributed by atoms with Crippen LogP contribution in [0.4, 0.5) is 11.4 Å². The number of hydrogen-bond donors (Lipinski definition) is 1. The maximum atomic E-state index is 10.7. The quantitative estimate of drug-likeness (QED) is 0.639. The van der Waals surface area contributed by atoms with Crippen LogP contribution in [-0.2, 0) is 0 Å². The van der Waals surface area contributed by atoms with Crippen molar-refractivity contribution in [2.24, 2.45) is 0 Å². The maximum Gasteiger partial charge on any atom is 0.269 e. The molecule has 0 spiro atoms. The van der Waals surface area contributed by atoms with Gasteiger partial charge >= 0.3 is 0 Å². The Labute approximate surface area is 123 Å². The molecule has 5 nitrogen and oxygen atoms in total. The zero-order chi connectivity index (χ0) is 15.2. The number of nitro benzene ring substituents is 1. The second-order valence-corrected chi connectivity index (χ2v) is 4.68. The van der Waals surface area contributed by atoms with Crippen molar-refractivity contribution in [1.29, 1.82) is 0 Å². The van der Waals surface area contributed by atoms with Crippen LogP contribution in [0.3, 0.4) is 0 Å². The Hall–Kier alpha value is -2.56. The Kier molecular flexibility index (Phi) is 4.77. The molecule has 1 unspecified atom stereocenters. The normalized spacial score (nSPS) is 11.7. The molecule has 1 N–H and O–H groups in total. The number of non-ortho nitro benzene ring substituents is 1. The summed E-state index contributed by atoms with van der Waals surface area (Å²) in [5.41, 5.74) is 2.12. The van der Waals surface area contributed by atoms with E-state index in [0.717, 1.165) is 23.4 Å². The average molecular weight is 286 g/mol. The fraction of sp³-hybridized carbons (Fsp3) is 0.250. The largest absolute Gasteiger partial charge is 0.497 e. The first-order valence-electron chi connectivity index (χ1n) is 6.79. The van der Waals surface area contributed by atoms with Gasteiger partial charge in [0.1, 0.15) is 5.75 Å². The average Bonchev–Trinajstić information content (AvgIpc) is 2.53. The Morgan fingerprint density at radius 2 is 1.76 bits per heavy atom. The van der Waals surface area contributed by atoms with E-state index in [2.05, 4.69) is 12.2 Å². The van der Waals surface area contributed by atoms with Gasteiger partial charge in [-0.2, -0.15) is 0 Å². The van der Waals surface area contributed by atoms with Gasteiger partial charge in [0, 0.05) is 17.8 Å². The van der Waals surface area contributed by atoms with E-state index in [0.29, 0.717) is 0 Å². The van der Waals surface area contributed by atoms with Crippen molar-refractivity contribution in [3.63, 3.8) is 0 Å². The summed E-state index contributed by atoms with van der Waals surface area (Å²) in [4.78, 5) is 10.3. The number of hydrogen-bond acceptors (Lipinski definition) is 4. The zero-order valence-electron chi connectivity index (χ0n) is 12.1. The standard InChI is InChI=1S/C16H18N2O3/c1-3-16(12-4-8-14(9-5-12)18(19)20)17-13-6-10-15(21-2)11-7-13/h4-11,16-17H,3H2,1-2H3. The molecule has 0 saturated heterocycles. The number of methoxy groups -OCH3 is 1. The van der Waals surface area contributed by atoms with E-state index in [1.165, 1.54) is 12.1 Å². The van der Waals surface area contributed by atoms with Crippen LogP contribution in [0.5, 0.6) is 5.75 Å². The van der Waals surface area contributed by atoms with E-state index in [1.54, 1.807) is 19.2 Å². The van der Waals surface area contributed by atoms with Crippen LogP contribution in [0.25, 0.3) is 0 Å². The zero-order valence-corrected chi connectivity index (χ0v) is 12.1. The number of rotatable bonds is 6. The molecule has 110 valence electrons. The molecule has 0 heterocycles. The van der Waals surface area contributed by atoms with Crippen molar-refractivity contribution in [3.05, 3.63) is 64.2 Å². The molecule has 2 rings (SSSR count). The predicted molar refractivity (Wildman–Crippen MR) is 82.7 cm³/mol. The lowest BCUT2D eigenvalue weighted by molar-refractivity contribution is -0.384. The summed E-state index contributed by atoms with van der Waals surface area (Å²) in [6.07, 6.45) is 0.879. The van der Waals surface area contributed by atoms with E-state index in [4.69, 9.17) is 4.74 Å². The smallest absolute Gasteiger partial charge is 0.269 e. The van der Waals surface area contributed by atoms with Gasteiger partial charge in [-0.15, -0.1) is 0 Å². The van der Waals surface area contributed by atoms with E-state index < -0.39 is 0 Å². The third kappa shape index (κ3) is 3.72. The molecule has 0 aliphatic carbocycles. The van der Waals surface area contributed by atoms with Gasteiger partial charge in [0.15, 0.2) is 0 Å².